The molecule has 2 aromatic rings. The van der Waals surface area contributed by atoms with Crippen LogP contribution in [0.15, 0.2) is 34.8 Å². The van der Waals surface area contributed by atoms with Crippen LogP contribution in [0.3, 0.4) is 0 Å². The van der Waals surface area contributed by atoms with Crippen molar-refractivity contribution in [2.75, 3.05) is 13.7 Å². The minimum Gasteiger partial charge on any atom is -0.493 e. The molecule has 0 aliphatic carbocycles. The summed E-state index contributed by atoms with van der Waals surface area (Å²) in [4.78, 5) is 0. The second-order valence-corrected chi connectivity index (χ2v) is 7.30. The SMILES string of the molecule is COc1cc(CNCC(C)O)c(Br)cc1OCc1ccc(Cl)cc1Cl. The molecule has 0 spiro atoms. The van der Waals surface area contributed by atoms with Crippen LogP contribution in [-0.4, -0.2) is 24.9 Å². The highest BCUT2D eigenvalue weighted by molar-refractivity contribution is 9.10. The van der Waals surface area contributed by atoms with Gasteiger partial charge in [-0.1, -0.05) is 45.2 Å². The Balaban J connectivity index is 2.10. The molecule has 0 heterocycles. The predicted octanol–water partition coefficient (Wildman–Crippen LogP) is 4.81. The highest BCUT2D eigenvalue weighted by atomic mass is 79.9. The molecule has 0 aromatic heterocycles. The van der Waals surface area contributed by atoms with Gasteiger partial charge in [-0.25, -0.2) is 0 Å². The fraction of sp³-hybridized carbons (Fsp3) is 0.333. The molecular formula is C18H20BrCl2NO3. The largest absolute Gasteiger partial charge is 0.493 e. The second-order valence-electron chi connectivity index (χ2n) is 5.60. The highest BCUT2D eigenvalue weighted by Crippen LogP contribution is 2.34. The maximum absolute atomic E-state index is 9.32. The van der Waals surface area contributed by atoms with Crippen LogP contribution in [0.5, 0.6) is 11.5 Å². The second kappa shape index (κ2) is 9.64. The molecule has 0 fully saturated rings. The van der Waals surface area contributed by atoms with Crippen molar-refractivity contribution in [1.29, 1.82) is 0 Å². The summed E-state index contributed by atoms with van der Waals surface area (Å²) in [6, 6.07) is 9.06. The monoisotopic (exact) mass is 447 g/mol. The van der Waals surface area contributed by atoms with Gasteiger partial charge in [0.1, 0.15) is 6.61 Å². The van der Waals surface area contributed by atoms with Crippen LogP contribution in [0.2, 0.25) is 10.0 Å². The van der Waals surface area contributed by atoms with Gasteiger partial charge in [0, 0.05) is 33.2 Å². The Kier molecular flexibility index (Phi) is 7.84. The lowest BCUT2D eigenvalue weighted by Gasteiger charge is -2.15. The number of halogens is 3. The number of hydrogen-bond acceptors (Lipinski definition) is 4. The first kappa shape index (κ1) is 20.3. The molecule has 0 aliphatic heterocycles. The number of nitrogens with one attached hydrogen (secondary N) is 1. The molecule has 1 unspecified atom stereocenters. The lowest BCUT2D eigenvalue weighted by Crippen LogP contribution is -2.24. The van der Waals surface area contributed by atoms with E-state index < -0.39 is 6.10 Å². The fourth-order valence-corrected chi connectivity index (χ4v) is 3.12. The zero-order valence-corrected chi connectivity index (χ0v) is 17.1. The molecule has 2 aromatic carbocycles. The van der Waals surface area contributed by atoms with Crippen LogP contribution >= 0.6 is 39.1 Å². The van der Waals surface area contributed by atoms with Crippen molar-refractivity contribution < 1.29 is 14.6 Å². The number of ether oxygens (including phenoxy) is 2. The lowest BCUT2D eigenvalue weighted by molar-refractivity contribution is 0.191. The molecule has 2 rings (SSSR count). The fourth-order valence-electron chi connectivity index (χ4n) is 2.19. The minimum atomic E-state index is -0.396. The van der Waals surface area contributed by atoms with Crippen molar-refractivity contribution in [1.82, 2.24) is 5.32 Å². The minimum absolute atomic E-state index is 0.304. The molecule has 0 aliphatic rings. The quantitative estimate of drug-likeness (QED) is 0.608. The van der Waals surface area contributed by atoms with Crippen LogP contribution in [0, 0.1) is 0 Å². The molecule has 0 bridgehead atoms. The number of hydrogen-bond donors (Lipinski definition) is 2. The van der Waals surface area contributed by atoms with Crippen LogP contribution in [-0.2, 0) is 13.2 Å². The van der Waals surface area contributed by atoms with E-state index in [9.17, 15) is 5.11 Å². The van der Waals surface area contributed by atoms with Gasteiger partial charge in [0.2, 0.25) is 0 Å². The Hall–Kier alpha value is -0.980. The first-order valence-corrected chi connectivity index (χ1v) is 9.27. The zero-order valence-electron chi connectivity index (χ0n) is 14.0. The van der Waals surface area contributed by atoms with Crippen LogP contribution in [0.1, 0.15) is 18.1 Å². The molecule has 4 nitrogen and oxygen atoms in total. The van der Waals surface area contributed by atoms with E-state index in [1.54, 1.807) is 26.2 Å². The summed E-state index contributed by atoms with van der Waals surface area (Å²) in [5.41, 5.74) is 1.85. The van der Waals surface area contributed by atoms with Gasteiger partial charge in [0.25, 0.3) is 0 Å². The highest BCUT2D eigenvalue weighted by Gasteiger charge is 2.12. The van der Waals surface area contributed by atoms with Crippen LogP contribution in [0.25, 0.3) is 0 Å². The molecule has 136 valence electrons. The van der Waals surface area contributed by atoms with Crippen molar-refractivity contribution in [3.63, 3.8) is 0 Å². The van der Waals surface area contributed by atoms with Gasteiger partial charge >= 0.3 is 0 Å². The summed E-state index contributed by atoms with van der Waals surface area (Å²) in [7, 11) is 1.60. The topological polar surface area (TPSA) is 50.7 Å². The predicted molar refractivity (Wildman–Crippen MR) is 105 cm³/mol. The van der Waals surface area contributed by atoms with Crippen molar-refractivity contribution >= 4 is 39.1 Å². The van der Waals surface area contributed by atoms with E-state index in [0.29, 0.717) is 41.2 Å². The maximum Gasteiger partial charge on any atom is 0.162 e. The van der Waals surface area contributed by atoms with Gasteiger partial charge in [-0.05, 0) is 36.8 Å². The Bertz CT molecular complexity index is 726. The number of aliphatic hydroxyl groups is 1. The van der Waals surface area contributed by atoms with E-state index in [-0.39, 0.29) is 0 Å². The summed E-state index contributed by atoms with van der Waals surface area (Å²) in [6.45, 7) is 3.16. The molecule has 0 amide bonds. The summed E-state index contributed by atoms with van der Waals surface area (Å²) >= 11 is 15.6. The third kappa shape index (κ3) is 6.04. The van der Waals surface area contributed by atoms with Crippen LogP contribution in [0.4, 0.5) is 0 Å². The van der Waals surface area contributed by atoms with Crippen molar-refractivity contribution in [3.8, 4) is 11.5 Å². The van der Waals surface area contributed by atoms with Gasteiger partial charge in [-0.15, -0.1) is 0 Å². The van der Waals surface area contributed by atoms with Gasteiger partial charge in [0.05, 0.1) is 13.2 Å². The smallest absolute Gasteiger partial charge is 0.162 e. The molecular weight excluding hydrogens is 429 g/mol. The average molecular weight is 449 g/mol. The van der Waals surface area contributed by atoms with E-state index in [4.69, 9.17) is 32.7 Å². The first-order chi connectivity index (χ1) is 11.9. The van der Waals surface area contributed by atoms with Crippen LogP contribution < -0.4 is 14.8 Å². The number of aliphatic hydroxyl groups excluding tert-OH is 1. The number of benzene rings is 2. The van der Waals surface area contributed by atoms with Crippen molar-refractivity contribution in [3.05, 3.63) is 56.0 Å². The van der Waals surface area contributed by atoms with E-state index in [0.717, 1.165) is 15.6 Å². The molecule has 0 saturated carbocycles. The Morgan fingerprint density at radius 1 is 1.16 bits per heavy atom. The van der Waals surface area contributed by atoms with E-state index in [1.807, 2.05) is 18.2 Å². The van der Waals surface area contributed by atoms with E-state index >= 15 is 0 Å². The number of methoxy groups -OCH3 is 1. The summed E-state index contributed by atoms with van der Waals surface area (Å²) in [5, 5.41) is 13.6. The third-order valence-electron chi connectivity index (χ3n) is 3.49. The normalized spacial score (nSPS) is 12.1. The summed E-state index contributed by atoms with van der Waals surface area (Å²) in [6.07, 6.45) is -0.396. The molecule has 25 heavy (non-hydrogen) atoms. The van der Waals surface area contributed by atoms with Gasteiger partial charge in [-0.2, -0.15) is 0 Å². The van der Waals surface area contributed by atoms with Crippen molar-refractivity contribution in [2.45, 2.75) is 26.2 Å². The summed E-state index contributed by atoms with van der Waals surface area (Å²) in [5.74, 6) is 1.24. The standard InChI is InChI=1S/C18H20BrCl2NO3/c1-11(23)8-22-9-13-5-17(24-2)18(7-15(13)19)25-10-12-3-4-14(20)6-16(12)21/h3-7,11,22-23H,8-10H2,1-2H3. The lowest BCUT2D eigenvalue weighted by atomic mass is 10.2. The Morgan fingerprint density at radius 3 is 2.56 bits per heavy atom. The number of rotatable bonds is 8. The molecule has 0 saturated heterocycles. The molecule has 2 N–H and O–H groups in total. The zero-order chi connectivity index (χ0) is 18.4. The van der Waals surface area contributed by atoms with Gasteiger partial charge in [0.15, 0.2) is 11.5 Å². The average Bonchev–Trinajstić information content (AvgIpc) is 2.55. The van der Waals surface area contributed by atoms with Gasteiger partial charge in [-0.3, -0.25) is 0 Å². The maximum atomic E-state index is 9.32. The van der Waals surface area contributed by atoms with E-state index in [2.05, 4.69) is 21.2 Å². The van der Waals surface area contributed by atoms with Gasteiger partial charge < -0.3 is 19.9 Å². The van der Waals surface area contributed by atoms with E-state index in [1.165, 1.54) is 0 Å². The van der Waals surface area contributed by atoms with Crippen molar-refractivity contribution in [2.24, 2.45) is 0 Å². The molecule has 0 radical (unpaired) electrons. The third-order valence-corrected chi connectivity index (χ3v) is 4.81. The molecule has 1 atom stereocenters. The summed E-state index contributed by atoms with van der Waals surface area (Å²) < 4.78 is 12.2. The Morgan fingerprint density at radius 2 is 1.92 bits per heavy atom. The molecule has 7 heteroatoms. The Labute approximate surface area is 166 Å². The first-order valence-electron chi connectivity index (χ1n) is 7.72.